The summed E-state index contributed by atoms with van der Waals surface area (Å²) < 4.78 is 7.12. The lowest BCUT2D eigenvalue weighted by Crippen LogP contribution is -2.36. The molecule has 1 N–H and O–H groups in total. The Balaban J connectivity index is 2.11. The highest BCUT2D eigenvalue weighted by molar-refractivity contribution is 7.98. The van der Waals surface area contributed by atoms with Crippen molar-refractivity contribution in [1.82, 2.24) is 9.55 Å². The molecule has 0 radical (unpaired) electrons. The van der Waals surface area contributed by atoms with Crippen molar-refractivity contribution in [3.8, 4) is 5.69 Å². The monoisotopic (exact) mass is 471 g/mol. The lowest BCUT2D eigenvalue weighted by molar-refractivity contribution is -0.132. The van der Waals surface area contributed by atoms with Gasteiger partial charge in [-0.15, -0.1) is 0 Å². The van der Waals surface area contributed by atoms with E-state index >= 15 is 0 Å². The van der Waals surface area contributed by atoms with Crippen LogP contribution < -0.4 is 5.32 Å². The van der Waals surface area contributed by atoms with Gasteiger partial charge in [0.15, 0.2) is 28.1 Å². The number of ketones is 1. The Labute approximate surface area is 195 Å². The van der Waals surface area contributed by atoms with Crippen LogP contribution in [0.4, 0.5) is 5.82 Å². The molecule has 0 aliphatic carbocycles. The van der Waals surface area contributed by atoms with Crippen molar-refractivity contribution in [2.45, 2.75) is 31.5 Å². The zero-order valence-corrected chi connectivity index (χ0v) is 19.6. The molecule has 166 valence electrons. The van der Waals surface area contributed by atoms with Crippen LogP contribution in [0.2, 0.25) is 5.02 Å². The van der Waals surface area contributed by atoms with Gasteiger partial charge >= 0.3 is 5.97 Å². The topological polar surface area (TPSA) is 90.3 Å². The number of esters is 1. The van der Waals surface area contributed by atoms with Crippen LogP contribution in [0.25, 0.3) is 5.69 Å². The molecular weight excluding hydrogens is 450 g/mol. The highest BCUT2D eigenvalue weighted by atomic mass is 35.5. The third-order valence-electron chi connectivity index (χ3n) is 4.77. The minimum absolute atomic E-state index is 0.0113. The number of benzene rings is 2. The highest BCUT2D eigenvalue weighted by Crippen LogP contribution is 2.30. The zero-order valence-electron chi connectivity index (χ0n) is 18.0. The Hall–Kier alpha value is -3.10. The van der Waals surface area contributed by atoms with E-state index in [9.17, 15) is 14.4 Å². The molecular formula is C23H22ClN3O4S. The largest absolute Gasteiger partial charge is 0.447 e. The number of carbonyl (C=O) groups excluding carboxylic acids is 3. The maximum atomic E-state index is 13.3. The second kappa shape index (κ2) is 9.58. The van der Waals surface area contributed by atoms with E-state index in [1.54, 1.807) is 47.2 Å². The molecule has 3 rings (SSSR count). The summed E-state index contributed by atoms with van der Waals surface area (Å²) in [5.74, 6) is -1.53. The second-order valence-corrected chi connectivity index (χ2v) is 8.59. The third-order valence-corrected chi connectivity index (χ3v) is 5.66. The van der Waals surface area contributed by atoms with Crippen LogP contribution in [0.5, 0.6) is 0 Å². The molecule has 0 atom stereocenters. The number of Topliss-reactive ketones (excluding diaryl/α,β-unsaturated/α-hetero) is 1. The summed E-state index contributed by atoms with van der Waals surface area (Å²) in [7, 11) is 0. The van der Waals surface area contributed by atoms with E-state index in [1.807, 2.05) is 18.2 Å². The molecule has 32 heavy (non-hydrogen) atoms. The Bertz CT molecular complexity index is 1160. The van der Waals surface area contributed by atoms with Gasteiger partial charge in [0.05, 0.1) is 0 Å². The van der Waals surface area contributed by atoms with E-state index in [0.29, 0.717) is 21.4 Å². The SMILES string of the molecule is CSc1nc(NC(=O)c2ccc(Cl)cc2)c(C(=O)OC(C)(C)C(C)=O)n1-c1ccccc1. The quantitative estimate of drug-likeness (QED) is 0.384. The van der Waals surface area contributed by atoms with Gasteiger partial charge in [-0.25, -0.2) is 9.78 Å². The lowest BCUT2D eigenvalue weighted by atomic mass is 10.1. The van der Waals surface area contributed by atoms with Crippen molar-refractivity contribution in [2.75, 3.05) is 11.6 Å². The first-order valence-electron chi connectivity index (χ1n) is 9.67. The Morgan fingerprint density at radius 2 is 1.69 bits per heavy atom. The fraction of sp³-hybridized carbons (Fsp3) is 0.217. The number of rotatable bonds is 7. The first kappa shape index (κ1) is 23.6. The van der Waals surface area contributed by atoms with E-state index in [1.165, 1.54) is 32.5 Å². The number of thioether (sulfide) groups is 1. The minimum atomic E-state index is -1.35. The van der Waals surface area contributed by atoms with Crippen LogP contribution >= 0.6 is 23.4 Å². The third kappa shape index (κ3) is 5.03. The summed E-state index contributed by atoms with van der Waals surface area (Å²) >= 11 is 7.20. The van der Waals surface area contributed by atoms with Gasteiger partial charge in [0.1, 0.15) is 0 Å². The number of ether oxygens (including phenoxy) is 1. The van der Waals surface area contributed by atoms with Crippen LogP contribution in [0.15, 0.2) is 59.8 Å². The summed E-state index contributed by atoms with van der Waals surface area (Å²) in [6, 6.07) is 15.4. The van der Waals surface area contributed by atoms with Crippen molar-refractivity contribution in [1.29, 1.82) is 0 Å². The predicted octanol–water partition coefficient (Wildman–Crippen LogP) is 5.02. The van der Waals surface area contributed by atoms with Gasteiger partial charge in [0.25, 0.3) is 5.91 Å². The molecule has 1 heterocycles. The van der Waals surface area contributed by atoms with Gasteiger partial charge < -0.3 is 10.1 Å². The molecule has 0 aliphatic rings. The molecule has 0 fully saturated rings. The standard InChI is InChI=1S/C23H22ClN3O4S/c1-14(28)23(2,3)31-21(30)18-19(25-20(29)15-10-12-16(24)13-11-15)26-22(32-4)27(18)17-8-6-5-7-9-17/h5-13H,1-4H3,(H,25,29). The first-order chi connectivity index (χ1) is 15.1. The summed E-state index contributed by atoms with van der Waals surface area (Å²) in [5.41, 5.74) is -0.335. The minimum Gasteiger partial charge on any atom is -0.447 e. The summed E-state index contributed by atoms with van der Waals surface area (Å²) in [4.78, 5) is 42.5. The number of carbonyl (C=O) groups is 3. The molecule has 2 aromatic carbocycles. The average Bonchev–Trinajstić information content (AvgIpc) is 3.12. The van der Waals surface area contributed by atoms with Crippen molar-refractivity contribution in [3.63, 3.8) is 0 Å². The molecule has 0 saturated heterocycles. The lowest BCUT2D eigenvalue weighted by Gasteiger charge is -2.22. The fourth-order valence-electron chi connectivity index (χ4n) is 2.76. The molecule has 1 aromatic heterocycles. The zero-order chi connectivity index (χ0) is 23.5. The van der Waals surface area contributed by atoms with Gasteiger partial charge in [-0.3, -0.25) is 14.2 Å². The Kier molecular flexibility index (Phi) is 7.06. The van der Waals surface area contributed by atoms with Crippen molar-refractivity contribution >= 4 is 46.8 Å². The normalized spacial score (nSPS) is 11.2. The number of halogens is 1. The number of nitrogens with one attached hydrogen (secondary N) is 1. The number of amides is 1. The van der Waals surface area contributed by atoms with Gasteiger partial charge in [0, 0.05) is 16.3 Å². The molecule has 0 saturated carbocycles. The molecule has 7 nitrogen and oxygen atoms in total. The number of nitrogens with zero attached hydrogens (tertiary/aromatic N) is 2. The van der Waals surface area contributed by atoms with Crippen LogP contribution in [0.1, 0.15) is 41.6 Å². The number of hydrogen-bond donors (Lipinski definition) is 1. The number of imidazole rings is 1. The fourth-order valence-corrected chi connectivity index (χ4v) is 3.45. The van der Waals surface area contributed by atoms with E-state index in [4.69, 9.17) is 16.3 Å². The van der Waals surface area contributed by atoms with Crippen LogP contribution in [0, 0.1) is 0 Å². The number of aromatic nitrogens is 2. The highest BCUT2D eigenvalue weighted by Gasteiger charge is 2.33. The maximum absolute atomic E-state index is 13.3. The molecule has 9 heteroatoms. The maximum Gasteiger partial charge on any atom is 0.360 e. The van der Waals surface area contributed by atoms with E-state index < -0.39 is 17.5 Å². The summed E-state index contributed by atoms with van der Waals surface area (Å²) in [6.45, 7) is 4.37. The van der Waals surface area contributed by atoms with E-state index in [0.717, 1.165) is 0 Å². The summed E-state index contributed by atoms with van der Waals surface area (Å²) in [5, 5.41) is 3.66. The molecule has 0 bridgehead atoms. The van der Waals surface area contributed by atoms with Gasteiger partial charge in [-0.2, -0.15) is 0 Å². The Morgan fingerprint density at radius 3 is 2.25 bits per heavy atom. The van der Waals surface area contributed by atoms with Crippen LogP contribution in [-0.4, -0.2) is 39.1 Å². The van der Waals surface area contributed by atoms with E-state index in [2.05, 4.69) is 10.3 Å². The molecule has 0 unspecified atom stereocenters. The van der Waals surface area contributed by atoms with Crippen molar-refractivity contribution in [2.24, 2.45) is 0 Å². The average molecular weight is 472 g/mol. The molecule has 0 aliphatic heterocycles. The predicted molar refractivity (Wildman–Crippen MR) is 125 cm³/mol. The van der Waals surface area contributed by atoms with Crippen molar-refractivity contribution < 1.29 is 19.1 Å². The second-order valence-electron chi connectivity index (χ2n) is 7.38. The van der Waals surface area contributed by atoms with E-state index in [-0.39, 0.29) is 17.3 Å². The van der Waals surface area contributed by atoms with Crippen LogP contribution in [0.3, 0.4) is 0 Å². The first-order valence-corrected chi connectivity index (χ1v) is 11.3. The van der Waals surface area contributed by atoms with Gasteiger partial charge in [-0.1, -0.05) is 41.6 Å². The number of para-hydroxylation sites is 1. The summed E-state index contributed by atoms with van der Waals surface area (Å²) in [6.07, 6.45) is 1.81. The number of hydrogen-bond acceptors (Lipinski definition) is 6. The van der Waals surface area contributed by atoms with Crippen LogP contribution in [-0.2, 0) is 9.53 Å². The molecule has 0 spiro atoms. The smallest absolute Gasteiger partial charge is 0.360 e. The Morgan fingerprint density at radius 1 is 1.06 bits per heavy atom. The molecule has 3 aromatic rings. The molecule has 1 amide bonds. The number of anilines is 1. The van der Waals surface area contributed by atoms with Gasteiger partial charge in [-0.05, 0) is 63.4 Å². The van der Waals surface area contributed by atoms with Crippen molar-refractivity contribution in [3.05, 3.63) is 70.9 Å². The van der Waals surface area contributed by atoms with Gasteiger partial charge in [0.2, 0.25) is 0 Å².